The molecule has 0 saturated heterocycles. The lowest BCUT2D eigenvalue weighted by molar-refractivity contribution is -0.143. The molecule has 4 rings (SSSR count). The molecule has 0 spiro atoms. The fourth-order valence-electron chi connectivity index (χ4n) is 3.83. The Morgan fingerprint density at radius 2 is 2.00 bits per heavy atom. The number of para-hydroxylation sites is 1. The zero-order chi connectivity index (χ0) is 22.0. The van der Waals surface area contributed by atoms with Crippen molar-refractivity contribution in [2.75, 3.05) is 26.9 Å². The number of aromatic amines is 1. The normalized spacial score (nSPS) is 13.6. The molecule has 0 saturated carbocycles. The fraction of sp³-hybridized carbons (Fsp3) is 0.304. The van der Waals surface area contributed by atoms with Gasteiger partial charge in [-0.3, -0.25) is 9.59 Å². The predicted octanol–water partition coefficient (Wildman–Crippen LogP) is 3.10. The minimum absolute atomic E-state index is 0.0745. The van der Waals surface area contributed by atoms with Gasteiger partial charge in [0.25, 0.3) is 5.56 Å². The van der Waals surface area contributed by atoms with E-state index >= 15 is 0 Å². The first-order valence-corrected chi connectivity index (χ1v) is 10.0. The van der Waals surface area contributed by atoms with Gasteiger partial charge in [0, 0.05) is 11.3 Å². The molecule has 0 amide bonds. The highest BCUT2D eigenvalue weighted by atomic mass is 16.6. The van der Waals surface area contributed by atoms with Crippen molar-refractivity contribution in [3.8, 4) is 23.0 Å². The van der Waals surface area contributed by atoms with Crippen molar-refractivity contribution in [1.82, 2.24) is 4.98 Å². The first-order chi connectivity index (χ1) is 15.0. The van der Waals surface area contributed by atoms with E-state index in [1.807, 2.05) is 0 Å². The number of fused-ring (bicyclic) bond motifs is 2. The van der Waals surface area contributed by atoms with Gasteiger partial charge in [-0.15, -0.1) is 0 Å². The summed E-state index contributed by atoms with van der Waals surface area (Å²) in [6.07, 6.45) is -0.147. The monoisotopic (exact) mass is 425 g/mol. The quantitative estimate of drug-likeness (QED) is 0.585. The van der Waals surface area contributed by atoms with Crippen LogP contribution in [0.1, 0.15) is 30.4 Å². The van der Waals surface area contributed by atoms with Crippen molar-refractivity contribution < 1.29 is 28.8 Å². The summed E-state index contributed by atoms with van der Waals surface area (Å²) in [5, 5.41) is 11.5. The lowest BCUT2D eigenvalue weighted by Gasteiger charge is -2.24. The van der Waals surface area contributed by atoms with E-state index in [4.69, 9.17) is 18.9 Å². The standard InChI is InChI=1S/C23H23NO7/c1-3-29-19(25)12-15(13-10-17(28-2)22-18(11-13)30-8-9-31-22)20-21(26)14-6-4-5-7-16(14)24-23(20)27/h4-7,10-11,15H,3,8-9,12H2,1-2H3,(H2,24,26,27). The minimum Gasteiger partial charge on any atom is -0.507 e. The van der Waals surface area contributed by atoms with E-state index in [1.165, 1.54) is 7.11 Å². The number of H-pyrrole nitrogens is 1. The van der Waals surface area contributed by atoms with Crippen molar-refractivity contribution in [1.29, 1.82) is 0 Å². The topological polar surface area (TPSA) is 107 Å². The van der Waals surface area contributed by atoms with E-state index in [9.17, 15) is 14.7 Å². The number of pyridine rings is 1. The van der Waals surface area contributed by atoms with E-state index in [-0.39, 0.29) is 24.3 Å². The molecule has 2 aromatic carbocycles. The molecule has 0 radical (unpaired) electrons. The molecule has 162 valence electrons. The van der Waals surface area contributed by atoms with Crippen LogP contribution >= 0.6 is 0 Å². The van der Waals surface area contributed by atoms with Crippen molar-refractivity contribution in [3.63, 3.8) is 0 Å². The Kier molecular flexibility index (Phi) is 5.70. The van der Waals surface area contributed by atoms with Gasteiger partial charge in [-0.2, -0.15) is 0 Å². The van der Waals surface area contributed by atoms with Crippen LogP contribution in [0.25, 0.3) is 10.9 Å². The molecule has 0 bridgehead atoms. The molecule has 3 aromatic rings. The number of esters is 1. The number of nitrogens with one attached hydrogen (secondary N) is 1. The molecule has 31 heavy (non-hydrogen) atoms. The summed E-state index contributed by atoms with van der Waals surface area (Å²) in [7, 11) is 1.50. The molecule has 0 aliphatic carbocycles. The number of hydrogen-bond donors (Lipinski definition) is 2. The number of hydrogen-bond acceptors (Lipinski definition) is 7. The lowest BCUT2D eigenvalue weighted by Crippen LogP contribution is -2.22. The highest BCUT2D eigenvalue weighted by Gasteiger charge is 2.29. The Balaban J connectivity index is 1.92. The molecule has 2 N–H and O–H groups in total. The van der Waals surface area contributed by atoms with E-state index in [0.717, 1.165) is 0 Å². The van der Waals surface area contributed by atoms with Gasteiger partial charge in [-0.05, 0) is 36.8 Å². The first-order valence-electron chi connectivity index (χ1n) is 10.0. The van der Waals surface area contributed by atoms with Gasteiger partial charge in [0.1, 0.15) is 19.0 Å². The SMILES string of the molecule is CCOC(=O)CC(c1cc(OC)c2c(c1)OCCO2)c1c(O)c2ccccc2[nH]c1=O. The number of carbonyl (C=O) groups is 1. The van der Waals surface area contributed by atoms with Gasteiger partial charge in [-0.1, -0.05) is 12.1 Å². The summed E-state index contributed by atoms with van der Waals surface area (Å²) < 4.78 is 21.9. The Morgan fingerprint density at radius 1 is 1.23 bits per heavy atom. The van der Waals surface area contributed by atoms with Crippen molar-refractivity contribution in [2.45, 2.75) is 19.3 Å². The van der Waals surface area contributed by atoms with Crippen LogP contribution in [0.4, 0.5) is 0 Å². The first kappa shape index (κ1) is 20.6. The number of ether oxygens (including phenoxy) is 4. The minimum atomic E-state index is -0.794. The van der Waals surface area contributed by atoms with Crippen LogP contribution in [-0.4, -0.2) is 43.0 Å². The van der Waals surface area contributed by atoms with E-state index in [0.29, 0.717) is 46.9 Å². The number of rotatable bonds is 6. The largest absolute Gasteiger partial charge is 0.507 e. The van der Waals surface area contributed by atoms with E-state index in [2.05, 4.69) is 4.98 Å². The van der Waals surface area contributed by atoms with Crippen LogP contribution < -0.4 is 19.8 Å². The molecule has 8 heteroatoms. The van der Waals surface area contributed by atoms with Crippen LogP contribution in [-0.2, 0) is 9.53 Å². The highest BCUT2D eigenvalue weighted by molar-refractivity contribution is 5.86. The van der Waals surface area contributed by atoms with Crippen LogP contribution in [0.15, 0.2) is 41.2 Å². The van der Waals surface area contributed by atoms with E-state index < -0.39 is 17.4 Å². The molecule has 1 aromatic heterocycles. The molecule has 8 nitrogen and oxygen atoms in total. The smallest absolute Gasteiger partial charge is 0.306 e. The van der Waals surface area contributed by atoms with Crippen molar-refractivity contribution in [3.05, 3.63) is 57.9 Å². The van der Waals surface area contributed by atoms with Crippen molar-refractivity contribution in [2.24, 2.45) is 0 Å². The molecule has 0 fully saturated rings. The summed E-state index contributed by atoms with van der Waals surface area (Å²) in [5.41, 5.74) is 0.651. The second-order valence-corrected chi connectivity index (χ2v) is 7.07. The summed E-state index contributed by atoms with van der Waals surface area (Å²) in [5.74, 6) is -0.138. The van der Waals surface area contributed by atoms with Crippen molar-refractivity contribution >= 4 is 16.9 Å². The van der Waals surface area contributed by atoms with Gasteiger partial charge >= 0.3 is 5.97 Å². The molecular formula is C23H23NO7. The third kappa shape index (κ3) is 3.88. The maximum absolute atomic E-state index is 13.0. The van der Waals surface area contributed by atoms with Gasteiger partial charge in [0.15, 0.2) is 11.5 Å². The van der Waals surface area contributed by atoms with Crippen LogP contribution in [0, 0.1) is 0 Å². The maximum Gasteiger partial charge on any atom is 0.306 e. The van der Waals surface area contributed by atoms with Crippen LogP contribution in [0.3, 0.4) is 0 Å². The number of carbonyl (C=O) groups excluding carboxylic acids is 1. The van der Waals surface area contributed by atoms with E-state index in [1.54, 1.807) is 43.3 Å². The summed E-state index contributed by atoms with van der Waals surface area (Å²) >= 11 is 0. The second-order valence-electron chi connectivity index (χ2n) is 7.07. The van der Waals surface area contributed by atoms with Crippen LogP contribution in [0.2, 0.25) is 0 Å². The molecule has 1 aliphatic rings. The maximum atomic E-state index is 13.0. The lowest BCUT2D eigenvalue weighted by atomic mass is 9.87. The molecule has 1 unspecified atom stereocenters. The highest BCUT2D eigenvalue weighted by Crippen LogP contribution is 2.44. The molecule has 1 atom stereocenters. The zero-order valence-electron chi connectivity index (χ0n) is 17.3. The Labute approximate surface area is 178 Å². The predicted molar refractivity (Wildman–Crippen MR) is 113 cm³/mol. The number of aromatic nitrogens is 1. The molecular weight excluding hydrogens is 402 g/mol. The number of benzene rings is 2. The fourth-order valence-corrected chi connectivity index (χ4v) is 3.83. The Morgan fingerprint density at radius 3 is 2.77 bits per heavy atom. The average molecular weight is 425 g/mol. The Bertz CT molecular complexity index is 1170. The zero-order valence-corrected chi connectivity index (χ0v) is 17.3. The molecule has 1 aliphatic heterocycles. The average Bonchev–Trinajstić information content (AvgIpc) is 2.77. The Hall–Kier alpha value is -3.68. The van der Waals surface area contributed by atoms with Gasteiger partial charge in [0.2, 0.25) is 5.75 Å². The third-order valence-corrected chi connectivity index (χ3v) is 5.21. The van der Waals surface area contributed by atoms with Gasteiger partial charge in [0.05, 0.1) is 31.2 Å². The van der Waals surface area contributed by atoms with Gasteiger partial charge < -0.3 is 29.0 Å². The molecule has 2 heterocycles. The van der Waals surface area contributed by atoms with Gasteiger partial charge in [-0.25, -0.2) is 0 Å². The summed E-state index contributed by atoms with van der Waals surface area (Å²) in [4.78, 5) is 28.2. The summed E-state index contributed by atoms with van der Waals surface area (Å²) in [6.45, 7) is 2.67. The van der Waals surface area contributed by atoms with Crippen LogP contribution in [0.5, 0.6) is 23.0 Å². The number of aromatic hydroxyl groups is 1. The number of methoxy groups -OCH3 is 1. The third-order valence-electron chi connectivity index (χ3n) is 5.21. The second kappa shape index (κ2) is 8.59. The summed E-state index contributed by atoms with van der Waals surface area (Å²) in [6, 6.07) is 10.3.